The summed E-state index contributed by atoms with van der Waals surface area (Å²) in [6.45, 7) is 0.645. The molecule has 2 N–H and O–H groups in total. The molecule has 1 fully saturated rings. The van der Waals surface area contributed by atoms with Crippen LogP contribution in [0.5, 0.6) is 0 Å². The fourth-order valence-corrected chi connectivity index (χ4v) is 2.18. The second kappa shape index (κ2) is 7.05. The Hall–Kier alpha value is -1.88. The molecule has 1 aromatic carbocycles. The average Bonchev–Trinajstić information content (AvgIpc) is 2.47. The molecule has 1 saturated heterocycles. The quantitative estimate of drug-likeness (QED) is 0.865. The molecule has 0 bridgehead atoms. The number of hydrogen-bond acceptors (Lipinski definition) is 3. The van der Waals surface area contributed by atoms with Crippen LogP contribution in [0.1, 0.15) is 31.2 Å². The smallest absolute Gasteiger partial charge is 0.303 e. The molecule has 1 aromatic rings. The first-order chi connectivity index (χ1) is 9.65. The van der Waals surface area contributed by atoms with Gasteiger partial charge in [-0.15, -0.1) is 0 Å². The van der Waals surface area contributed by atoms with Crippen LogP contribution in [0.2, 0.25) is 0 Å². The summed E-state index contributed by atoms with van der Waals surface area (Å²) in [4.78, 5) is 22.4. The van der Waals surface area contributed by atoms with Crippen molar-refractivity contribution in [2.24, 2.45) is 0 Å². The molecule has 5 nitrogen and oxygen atoms in total. The number of carboxylic acids is 1. The molecule has 1 unspecified atom stereocenters. The van der Waals surface area contributed by atoms with Crippen LogP contribution in [-0.2, 0) is 20.7 Å². The number of amides is 1. The third-order valence-corrected chi connectivity index (χ3v) is 3.32. The highest BCUT2D eigenvalue weighted by Crippen LogP contribution is 2.16. The summed E-state index contributed by atoms with van der Waals surface area (Å²) in [6.07, 6.45) is 3.06. The minimum absolute atomic E-state index is 0.108. The summed E-state index contributed by atoms with van der Waals surface area (Å²) in [5.41, 5.74) is 1.66. The van der Waals surface area contributed by atoms with Gasteiger partial charge in [-0.3, -0.25) is 9.59 Å². The van der Waals surface area contributed by atoms with Gasteiger partial charge in [-0.05, 0) is 43.4 Å². The topological polar surface area (TPSA) is 75.6 Å². The van der Waals surface area contributed by atoms with Crippen molar-refractivity contribution in [2.75, 3.05) is 11.9 Å². The number of aliphatic carboxylic acids is 1. The lowest BCUT2D eigenvalue weighted by atomic mass is 10.1. The molecular weight excluding hydrogens is 258 g/mol. The van der Waals surface area contributed by atoms with Crippen molar-refractivity contribution in [3.05, 3.63) is 29.8 Å². The van der Waals surface area contributed by atoms with Gasteiger partial charge in [0.05, 0.1) is 0 Å². The summed E-state index contributed by atoms with van der Waals surface area (Å²) in [5.74, 6) is -0.917. The monoisotopic (exact) mass is 277 g/mol. The predicted molar refractivity (Wildman–Crippen MR) is 74.6 cm³/mol. The van der Waals surface area contributed by atoms with E-state index in [1.807, 2.05) is 12.1 Å². The predicted octanol–water partition coefficient (Wildman–Crippen LogP) is 2.21. The van der Waals surface area contributed by atoms with Crippen LogP contribution >= 0.6 is 0 Å². The van der Waals surface area contributed by atoms with Crippen molar-refractivity contribution in [1.29, 1.82) is 0 Å². The molecular formula is C15H19NO4. The number of hydrogen-bond donors (Lipinski definition) is 2. The van der Waals surface area contributed by atoms with Crippen molar-refractivity contribution in [1.82, 2.24) is 0 Å². The Kier molecular flexibility index (Phi) is 5.12. The van der Waals surface area contributed by atoms with E-state index in [-0.39, 0.29) is 18.4 Å². The van der Waals surface area contributed by atoms with E-state index in [1.165, 1.54) is 0 Å². The molecule has 1 aliphatic rings. The number of anilines is 1. The molecule has 1 aliphatic heterocycles. The van der Waals surface area contributed by atoms with Gasteiger partial charge in [0.25, 0.3) is 5.91 Å². The first kappa shape index (κ1) is 14.5. The Morgan fingerprint density at radius 3 is 2.60 bits per heavy atom. The molecule has 1 atom stereocenters. The van der Waals surface area contributed by atoms with Crippen LogP contribution in [0.25, 0.3) is 0 Å². The Labute approximate surface area is 117 Å². The maximum atomic E-state index is 12.0. The summed E-state index contributed by atoms with van der Waals surface area (Å²) in [7, 11) is 0. The number of nitrogens with one attached hydrogen (secondary N) is 1. The maximum absolute atomic E-state index is 12.0. The maximum Gasteiger partial charge on any atom is 0.303 e. The zero-order valence-corrected chi connectivity index (χ0v) is 11.3. The van der Waals surface area contributed by atoms with Gasteiger partial charge in [0.2, 0.25) is 0 Å². The number of aryl methyl sites for hydroxylation is 1. The van der Waals surface area contributed by atoms with Crippen LogP contribution < -0.4 is 5.32 Å². The van der Waals surface area contributed by atoms with Crippen molar-refractivity contribution in [3.8, 4) is 0 Å². The van der Waals surface area contributed by atoms with E-state index in [0.717, 1.165) is 24.8 Å². The Morgan fingerprint density at radius 2 is 2.00 bits per heavy atom. The molecule has 0 saturated carbocycles. The first-order valence-electron chi connectivity index (χ1n) is 6.88. The molecule has 1 heterocycles. The molecule has 0 spiro atoms. The summed E-state index contributed by atoms with van der Waals surface area (Å²) in [5, 5.41) is 11.4. The molecule has 1 amide bonds. The van der Waals surface area contributed by atoms with Crippen LogP contribution in [0.15, 0.2) is 24.3 Å². The van der Waals surface area contributed by atoms with Crippen LogP contribution in [0.4, 0.5) is 5.69 Å². The fraction of sp³-hybridized carbons (Fsp3) is 0.467. The minimum atomic E-state index is -0.808. The summed E-state index contributed by atoms with van der Waals surface area (Å²) >= 11 is 0. The standard InChI is InChI=1S/C15H19NO4/c17-14(18)9-6-11-4-7-12(8-5-11)16-15(19)13-3-1-2-10-20-13/h4-5,7-8,13H,1-3,6,9-10H2,(H,16,19)(H,17,18). The van der Waals surface area contributed by atoms with Crippen molar-refractivity contribution >= 4 is 17.6 Å². The van der Waals surface area contributed by atoms with Gasteiger partial charge in [-0.25, -0.2) is 0 Å². The largest absolute Gasteiger partial charge is 0.481 e. The van der Waals surface area contributed by atoms with Gasteiger partial charge < -0.3 is 15.2 Å². The first-order valence-corrected chi connectivity index (χ1v) is 6.88. The molecule has 0 radical (unpaired) electrons. The minimum Gasteiger partial charge on any atom is -0.481 e. The van der Waals surface area contributed by atoms with E-state index < -0.39 is 5.97 Å². The highest BCUT2D eigenvalue weighted by Gasteiger charge is 2.21. The van der Waals surface area contributed by atoms with Gasteiger partial charge in [-0.2, -0.15) is 0 Å². The molecule has 0 aromatic heterocycles. The third-order valence-electron chi connectivity index (χ3n) is 3.32. The Morgan fingerprint density at radius 1 is 1.25 bits per heavy atom. The number of carbonyl (C=O) groups is 2. The highest BCUT2D eigenvalue weighted by molar-refractivity contribution is 5.94. The SMILES string of the molecule is O=C(O)CCc1ccc(NC(=O)C2CCCCO2)cc1. The van der Waals surface area contributed by atoms with E-state index >= 15 is 0 Å². The normalized spacial score (nSPS) is 18.5. The molecule has 0 aliphatic carbocycles. The Balaban J connectivity index is 1.86. The van der Waals surface area contributed by atoms with Gasteiger partial charge in [0.1, 0.15) is 6.10 Å². The van der Waals surface area contributed by atoms with Gasteiger partial charge in [-0.1, -0.05) is 12.1 Å². The second-order valence-electron chi connectivity index (χ2n) is 4.94. The van der Waals surface area contributed by atoms with E-state index in [0.29, 0.717) is 18.7 Å². The van der Waals surface area contributed by atoms with Crippen LogP contribution in [0, 0.1) is 0 Å². The molecule has 108 valence electrons. The number of benzene rings is 1. The Bertz CT molecular complexity index is 463. The number of ether oxygens (including phenoxy) is 1. The highest BCUT2D eigenvalue weighted by atomic mass is 16.5. The van der Waals surface area contributed by atoms with Gasteiger partial charge >= 0.3 is 5.97 Å². The van der Waals surface area contributed by atoms with Crippen molar-refractivity contribution in [2.45, 2.75) is 38.2 Å². The zero-order valence-electron chi connectivity index (χ0n) is 11.3. The fourth-order valence-electron chi connectivity index (χ4n) is 2.18. The number of carbonyl (C=O) groups excluding carboxylic acids is 1. The van der Waals surface area contributed by atoms with Crippen molar-refractivity contribution in [3.63, 3.8) is 0 Å². The molecule has 20 heavy (non-hydrogen) atoms. The lowest BCUT2D eigenvalue weighted by molar-refractivity contribution is -0.137. The average molecular weight is 277 g/mol. The van der Waals surface area contributed by atoms with E-state index in [1.54, 1.807) is 12.1 Å². The van der Waals surface area contributed by atoms with Crippen LogP contribution in [0.3, 0.4) is 0 Å². The number of carboxylic acid groups (broad SMARTS) is 1. The van der Waals surface area contributed by atoms with Crippen molar-refractivity contribution < 1.29 is 19.4 Å². The lowest BCUT2D eigenvalue weighted by Crippen LogP contribution is -2.33. The van der Waals surface area contributed by atoms with E-state index in [9.17, 15) is 9.59 Å². The summed E-state index contributed by atoms with van der Waals surface area (Å²) in [6, 6.07) is 7.25. The molecule has 5 heteroatoms. The van der Waals surface area contributed by atoms with E-state index in [2.05, 4.69) is 5.32 Å². The van der Waals surface area contributed by atoms with Crippen LogP contribution in [-0.4, -0.2) is 29.7 Å². The third kappa shape index (κ3) is 4.35. The van der Waals surface area contributed by atoms with Gasteiger partial charge in [0.15, 0.2) is 0 Å². The number of rotatable bonds is 5. The lowest BCUT2D eigenvalue weighted by Gasteiger charge is -2.21. The van der Waals surface area contributed by atoms with Gasteiger partial charge in [0, 0.05) is 18.7 Å². The van der Waals surface area contributed by atoms with E-state index in [4.69, 9.17) is 9.84 Å². The summed E-state index contributed by atoms with van der Waals surface area (Å²) < 4.78 is 5.42. The molecule has 2 rings (SSSR count). The zero-order chi connectivity index (χ0) is 14.4. The second-order valence-corrected chi connectivity index (χ2v) is 4.94.